The van der Waals surface area contributed by atoms with Gasteiger partial charge >= 0.3 is 6.09 Å². The van der Waals surface area contributed by atoms with Gasteiger partial charge in [0.05, 0.1) is 25.0 Å². The number of nitrogens with zero attached hydrogens (tertiary/aromatic N) is 2. The molecule has 0 aliphatic carbocycles. The molecule has 200 valence electrons. The minimum absolute atomic E-state index is 0.0712. The Labute approximate surface area is 229 Å². The fraction of sp³-hybridized carbons (Fsp3) is 0.281. The minimum atomic E-state index is -0.651. The van der Waals surface area contributed by atoms with E-state index in [1.807, 2.05) is 31.0 Å². The van der Waals surface area contributed by atoms with Crippen molar-refractivity contribution in [3.63, 3.8) is 0 Å². The van der Waals surface area contributed by atoms with Gasteiger partial charge in [-0.2, -0.15) is 0 Å². The number of nitrogens with one attached hydrogen (secondary N) is 2. The second-order valence-corrected chi connectivity index (χ2v) is 10.3. The van der Waals surface area contributed by atoms with E-state index in [2.05, 4.69) is 88.1 Å². The largest absolute Gasteiger partial charge is 0.453 e. The molecule has 1 aromatic heterocycles. The Morgan fingerprint density at radius 3 is 2.03 bits per heavy atom. The summed E-state index contributed by atoms with van der Waals surface area (Å²) >= 11 is 0. The highest BCUT2D eigenvalue weighted by Crippen LogP contribution is 2.33. The lowest BCUT2D eigenvalue weighted by molar-refractivity contribution is -0.135. The number of hydrogen-bond donors (Lipinski definition) is 2. The first-order valence-corrected chi connectivity index (χ1v) is 13.4. The number of amides is 2. The Balaban J connectivity index is 1.30. The topological polar surface area (TPSA) is 87.3 Å². The van der Waals surface area contributed by atoms with Crippen LogP contribution in [-0.4, -0.2) is 46.6 Å². The number of aromatic nitrogens is 2. The molecule has 0 unspecified atom stereocenters. The fourth-order valence-electron chi connectivity index (χ4n) is 5.17. The van der Waals surface area contributed by atoms with Gasteiger partial charge < -0.3 is 19.9 Å². The van der Waals surface area contributed by atoms with Gasteiger partial charge in [0.1, 0.15) is 11.9 Å². The van der Waals surface area contributed by atoms with Crippen molar-refractivity contribution in [2.75, 3.05) is 13.7 Å². The van der Waals surface area contributed by atoms with Gasteiger partial charge in [0.2, 0.25) is 5.91 Å². The highest BCUT2D eigenvalue weighted by Gasteiger charge is 2.37. The molecule has 0 spiro atoms. The maximum atomic E-state index is 13.4. The molecular weight excluding hydrogens is 488 g/mol. The van der Waals surface area contributed by atoms with Crippen LogP contribution in [0.5, 0.6) is 0 Å². The number of H-pyrrole nitrogens is 1. The molecule has 1 fully saturated rings. The zero-order valence-electron chi connectivity index (χ0n) is 22.6. The van der Waals surface area contributed by atoms with E-state index < -0.39 is 12.1 Å². The van der Waals surface area contributed by atoms with E-state index in [4.69, 9.17) is 4.74 Å². The molecule has 39 heavy (non-hydrogen) atoms. The van der Waals surface area contributed by atoms with Crippen molar-refractivity contribution in [1.82, 2.24) is 20.2 Å². The summed E-state index contributed by atoms with van der Waals surface area (Å²) in [7, 11) is 1.30. The molecular formula is C32H34N4O3. The lowest BCUT2D eigenvalue weighted by Crippen LogP contribution is -2.51. The van der Waals surface area contributed by atoms with Crippen molar-refractivity contribution in [3.8, 4) is 33.5 Å². The lowest BCUT2D eigenvalue weighted by atomic mass is 9.99. The normalized spacial score (nSPS) is 15.8. The number of carbonyl (C=O) groups excluding carboxylic acids is 2. The fourth-order valence-corrected chi connectivity index (χ4v) is 5.17. The van der Waals surface area contributed by atoms with Crippen molar-refractivity contribution < 1.29 is 14.3 Å². The molecule has 1 aliphatic heterocycles. The molecule has 4 aromatic rings. The number of aromatic amines is 1. The summed E-state index contributed by atoms with van der Waals surface area (Å²) in [4.78, 5) is 35.1. The highest BCUT2D eigenvalue weighted by molar-refractivity contribution is 5.86. The van der Waals surface area contributed by atoms with Gasteiger partial charge in [0.25, 0.3) is 0 Å². The van der Waals surface area contributed by atoms with Crippen molar-refractivity contribution in [3.05, 3.63) is 90.9 Å². The van der Waals surface area contributed by atoms with Crippen molar-refractivity contribution in [2.24, 2.45) is 5.92 Å². The van der Waals surface area contributed by atoms with Gasteiger partial charge in [-0.15, -0.1) is 0 Å². The van der Waals surface area contributed by atoms with Gasteiger partial charge in [-0.05, 0) is 46.6 Å². The molecule has 5 rings (SSSR count). The summed E-state index contributed by atoms with van der Waals surface area (Å²) in [6, 6.07) is 26.6. The third kappa shape index (κ3) is 5.72. The Morgan fingerprint density at radius 2 is 1.46 bits per heavy atom. The van der Waals surface area contributed by atoms with Crippen LogP contribution in [0.2, 0.25) is 0 Å². The van der Waals surface area contributed by atoms with Crippen molar-refractivity contribution in [2.45, 2.75) is 38.8 Å². The third-order valence-electron chi connectivity index (χ3n) is 7.36. The van der Waals surface area contributed by atoms with Crippen LogP contribution in [0.4, 0.5) is 4.79 Å². The second kappa shape index (κ2) is 11.6. The van der Waals surface area contributed by atoms with E-state index in [1.165, 1.54) is 18.2 Å². The molecule has 7 heteroatoms. The average molecular weight is 523 g/mol. The number of benzene rings is 3. The summed E-state index contributed by atoms with van der Waals surface area (Å²) < 4.78 is 4.73. The van der Waals surface area contributed by atoms with Crippen LogP contribution >= 0.6 is 0 Å². The molecule has 7 nitrogen and oxygen atoms in total. The molecule has 2 atom stereocenters. The van der Waals surface area contributed by atoms with Crippen LogP contribution in [0.25, 0.3) is 33.5 Å². The van der Waals surface area contributed by atoms with Gasteiger partial charge in [0.15, 0.2) is 0 Å². The van der Waals surface area contributed by atoms with E-state index in [9.17, 15) is 9.59 Å². The zero-order chi connectivity index (χ0) is 27.4. The van der Waals surface area contributed by atoms with E-state index in [1.54, 1.807) is 0 Å². The molecule has 0 bridgehead atoms. The number of imidazole rings is 1. The van der Waals surface area contributed by atoms with Gasteiger partial charge in [-0.3, -0.25) is 4.79 Å². The van der Waals surface area contributed by atoms with Crippen LogP contribution in [0.15, 0.2) is 85.1 Å². The number of methoxy groups -OCH3 is 1. The monoisotopic (exact) mass is 522 g/mol. The molecule has 0 saturated carbocycles. The predicted octanol–water partition coefficient (Wildman–Crippen LogP) is 6.45. The first-order chi connectivity index (χ1) is 18.9. The summed E-state index contributed by atoms with van der Waals surface area (Å²) in [5.74, 6) is 0.577. The van der Waals surface area contributed by atoms with Crippen LogP contribution in [0, 0.1) is 5.92 Å². The Hall–Kier alpha value is -4.39. The van der Waals surface area contributed by atoms with E-state index in [-0.39, 0.29) is 17.9 Å². The molecule has 0 radical (unpaired) electrons. The first-order valence-electron chi connectivity index (χ1n) is 13.4. The number of alkyl carbamates (subject to hydrolysis) is 1. The predicted molar refractivity (Wildman–Crippen MR) is 153 cm³/mol. The quantitative estimate of drug-likeness (QED) is 0.292. The van der Waals surface area contributed by atoms with Crippen molar-refractivity contribution >= 4 is 12.0 Å². The van der Waals surface area contributed by atoms with Crippen LogP contribution in [0.1, 0.15) is 38.6 Å². The van der Waals surface area contributed by atoms with Crippen LogP contribution in [-0.2, 0) is 9.53 Å². The summed E-state index contributed by atoms with van der Waals surface area (Å²) in [6.45, 7) is 4.45. The van der Waals surface area contributed by atoms with E-state index in [0.29, 0.717) is 6.54 Å². The van der Waals surface area contributed by atoms with Gasteiger partial charge in [0, 0.05) is 6.54 Å². The zero-order valence-corrected chi connectivity index (χ0v) is 22.6. The summed E-state index contributed by atoms with van der Waals surface area (Å²) in [6.07, 6.45) is 2.92. The summed E-state index contributed by atoms with van der Waals surface area (Å²) in [5.41, 5.74) is 6.64. The SMILES string of the molecule is COC(=O)N[C@H](C(=O)N1CCC[C@H]1c1ncc(-c2ccc(-c3ccc(-c4ccccc4)cc3)cc2)[nH]1)C(C)C. The molecule has 2 heterocycles. The Kier molecular flexibility index (Phi) is 7.77. The van der Waals surface area contributed by atoms with E-state index >= 15 is 0 Å². The molecule has 2 N–H and O–H groups in total. The minimum Gasteiger partial charge on any atom is -0.453 e. The Bertz CT molecular complexity index is 1410. The molecule has 2 amide bonds. The average Bonchev–Trinajstić information content (AvgIpc) is 3.66. The summed E-state index contributed by atoms with van der Waals surface area (Å²) in [5, 5.41) is 2.69. The highest BCUT2D eigenvalue weighted by atomic mass is 16.5. The second-order valence-electron chi connectivity index (χ2n) is 10.3. The van der Waals surface area contributed by atoms with Crippen LogP contribution < -0.4 is 5.32 Å². The third-order valence-corrected chi connectivity index (χ3v) is 7.36. The molecule has 1 aliphatic rings. The van der Waals surface area contributed by atoms with Gasteiger partial charge in [-0.1, -0.05) is 92.7 Å². The van der Waals surface area contributed by atoms with Gasteiger partial charge in [-0.25, -0.2) is 9.78 Å². The molecule has 3 aromatic carbocycles. The maximum absolute atomic E-state index is 13.4. The number of rotatable bonds is 7. The number of likely N-dealkylation sites (tertiary alicyclic amines) is 1. The maximum Gasteiger partial charge on any atom is 0.407 e. The Morgan fingerprint density at radius 1 is 0.897 bits per heavy atom. The smallest absolute Gasteiger partial charge is 0.407 e. The first kappa shape index (κ1) is 26.2. The molecule has 1 saturated heterocycles. The number of hydrogen-bond acceptors (Lipinski definition) is 4. The number of carbonyl (C=O) groups is 2. The van der Waals surface area contributed by atoms with E-state index in [0.717, 1.165) is 41.1 Å². The standard InChI is InChI=1S/C32H34N4O3/c1-21(2)29(35-32(38)39-3)31(37)36-19-7-10-28(36)30-33-20-27(34-30)26-17-15-25(16-18-26)24-13-11-23(12-14-24)22-8-5-4-6-9-22/h4-6,8-9,11-18,20-21,28-29H,7,10,19H2,1-3H3,(H,33,34)(H,35,38)/t28-,29-/m0/s1. The lowest BCUT2D eigenvalue weighted by Gasteiger charge is -2.30. The van der Waals surface area contributed by atoms with Crippen molar-refractivity contribution in [1.29, 1.82) is 0 Å². The number of ether oxygens (including phenoxy) is 1. The van der Waals surface area contributed by atoms with Crippen LogP contribution in [0.3, 0.4) is 0 Å².